The number of fused-ring (bicyclic) bond motifs is 5. The average molecular weight is 549 g/mol. The first-order chi connectivity index (χ1) is 20.5. The maximum absolute atomic E-state index is 4.96. The molecule has 0 amide bonds. The predicted molar refractivity (Wildman–Crippen MR) is 166 cm³/mol. The molecule has 6 fully saturated rings. The van der Waals surface area contributed by atoms with Gasteiger partial charge in [-0.3, -0.25) is 0 Å². The van der Waals surface area contributed by atoms with Gasteiger partial charge in [0, 0.05) is 12.1 Å². The van der Waals surface area contributed by atoms with E-state index in [-0.39, 0.29) is 0 Å². The Morgan fingerprint density at radius 3 is 1.83 bits per heavy atom. The largest absolute Gasteiger partial charge is 0.341 e. The van der Waals surface area contributed by atoms with Gasteiger partial charge in [-0.2, -0.15) is 0 Å². The molecule has 2 aromatic heterocycles. The zero-order chi connectivity index (χ0) is 27.5. The van der Waals surface area contributed by atoms with Gasteiger partial charge in [-0.25, -0.2) is 9.97 Å². The van der Waals surface area contributed by atoms with Gasteiger partial charge in [0.2, 0.25) is 0 Å². The predicted octanol–water partition coefficient (Wildman–Crippen LogP) is 6.87. The van der Waals surface area contributed by atoms with E-state index < -0.39 is 0 Å². The van der Waals surface area contributed by atoms with E-state index in [9.17, 15) is 0 Å². The molecule has 12 rings (SSSR count). The molecule has 206 valence electrons. The third-order valence-electron chi connectivity index (χ3n) is 11.9. The van der Waals surface area contributed by atoms with Crippen LogP contribution in [0.4, 0.5) is 0 Å². The molecule has 5 heterocycles. The van der Waals surface area contributed by atoms with Crippen molar-refractivity contribution in [1.29, 1.82) is 0 Å². The maximum atomic E-state index is 4.96. The summed E-state index contributed by atoms with van der Waals surface area (Å²) in [4.78, 5) is 17.1. The molecule has 9 atom stereocenters. The fraction of sp³-hybridized carbons (Fsp3) is 0.333. The molecule has 3 aliphatic heterocycles. The molecule has 6 nitrogen and oxygen atoms in total. The van der Waals surface area contributed by atoms with E-state index in [2.05, 4.69) is 107 Å². The molecule has 0 radical (unpaired) electrons. The van der Waals surface area contributed by atoms with Gasteiger partial charge in [0.25, 0.3) is 0 Å². The number of hydrogen-bond acceptors (Lipinski definition) is 4. The van der Waals surface area contributed by atoms with E-state index in [1.54, 1.807) is 0 Å². The number of rotatable bonds is 4. The summed E-state index contributed by atoms with van der Waals surface area (Å²) in [5, 5.41) is 10.0. The quantitative estimate of drug-likeness (QED) is 0.194. The standard InChI is InChI=1S/C36H32N6/c1-16-23-15-28(37-31(16)23)34-38-24-9-7-21(13-26(24)40-34)19-5-3-18-12-20(6-4-17(18)11-19)22-8-10-25-27(14-22)41-35(39-25)32-29-30-33(42-32)36(29,30)2/h3-14,16,23,28-33,37,42H,15H2,1-2H3,(H,38,40)(H,39,41)/t16-,23+,28+,29?,30-,31-,32+,33+,36-/m1/s1. The first-order valence-electron chi connectivity index (χ1n) is 15.6. The molecule has 1 unspecified atom stereocenters. The van der Waals surface area contributed by atoms with Crippen LogP contribution in [-0.2, 0) is 0 Å². The highest BCUT2D eigenvalue weighted by Crippen LogP contribution is 2.86. The number of nitrogens with one attached hydrogen (secondary N) is 4. The van der Waals surface area contributed by atoms with E-state index in [0.29, 0.717) is 23.5 Å². The fourth-order valence-corrected chi connectivity index (χ4v) is 9.14. The summed E-state index contributed by atoms with van der Waals surface area (Å²) in [5.41, 5.74) is 9.77. The lowest BCUT2D eigenvalue weighted by atomic mass is 9.97. The highest BCUT2D eigenvalue weighted by atomic mass is 15.3. The Morgan fingerprint density at radius 2 is 1.26 bits per heavy atom. The normalized spacial score (nSPS) is 35.2. The third kappa shape index (κ3) is 2.87. The van der Waals surface area contributed by atoms with Gasteiger partial charge in [-0.15, -0.1) is 0 Å². The molecular weight excluding hydrogens is 516 g/mol. The van der Waals surface area contributed by atoms with Gasteiger partial charge in [0.1, 0.15) is 11.6 Å². The van der Waals surface area contributed by atoms with Gasteiger partial charge >= 0.3 is 0 Å². The minimum Gasteiger partial charge on any atom is -0.341 e. The Balaban J connectivity index is 0.880. The number of benzene rings is 4. The highest BCUT2D eigenvalue weighted by molar-refractivity contribution is 5.93. The Labute approximate surface area is 243 Å². The van der Waals surface area contributed by atoms with Crippen LogP contribution in [0.5, 0.6) is 0 Å². The Kier molecular flexibility index (Phi) is 3.93. The number of hydrogen-bond donors (Lipinski definition) is 4. The molecule has 6 aliphatic rings. The summed E-state index contributed by atoms with van der Waals surface area (Å²) in [7, 11) is 0. The molecule has 4 aromatic carbocycles. The van der Waals surface area contributed by atoms with Crippen molar-refractivity contribution in [3.63, 3.8) is 0 Å². The zero-order valence-corrected chi connectivity index (χ0v) is 23.6. The van der Waals surface area contributed by atoms with Crippen molar-refractivity contribution < 1.29 is 0 Å². The second-order valence-corrected chi connectivity index (χ2v) is 14.0. The van der Waals surface area contributed by atoms with E-state index in [4.69, 9.17) is 9.97 Å². The van der Waals surface area contributed by atoms with E-state index in [1.807, 2.05) is 0 Å². The summed E-state index contributed by atoms with van der Waals surface area (Å²) in [6, 6.07) is 29.0. The molecule has 6 heteroatoms. The molecule has 42 heavy (non-hydrogen) atoms. The minimum absolute atomic E-state index is 0.359. The van der Waals surface area contributed by atoms with Crippen LogP contribution in [0.15, 0.2) is 72.8 Å². The summed E-state index contributed by atoms with van der Waals surface area (Å²) >= 11 is 0. The second-order valence-electron chi connectivity index (χ2n) is 14.0. The smallest absolute Gasteiger partial charge is 0.124 e. The SMILES string of the molecule is C[C@@H]1[C@@H]2C[C@@H](c3nc4ccc(-c5ccc6cc(-c7ccc8nc([C@H]9N[C@H]%10[C@H]%11C9[C@]%11%10C)[nH]c8c7)ccc6c5)cc4[nH]3)N[C@H]12. The topological polar surface area (TPSA) is 81.4 Å². The average Bonchev–Trinajstić information content (AvgIpc) is 3.59. The number of aromatic amines is 2. The Bertz CT molecular complexity index is 2120. The van der Waals surface area contributed by atoms with Gasteiger partial charge < -0.3 is 20.6 Å². The Hall–Kier alpha value is -4.00. The van der Waals surface area contributed by atoms with Crippen LogP contribution in [0.3, 0.4) is 0 Å². The van der Waals surface area contributed by atoms with Gasteiger partial charge in [-0.1, -0.05) is 50.2 Å². The van der Waals surface area contributed by atoms with Crippen molar-refractivity contribution in [1.82, 2.24) is 30.6 Å². The van der Waals surface area contributed by atoms with Crippen LogP contribution in [0.25, 0.3) is 55.1 Å². The molecular formula is C36H32N6. The molecule has 3 saturated carbocycles. The maximum Gasteiger partial charge on any atom is 0.124 e. The van der Waals surface area contributed by atoms with Gasteiger partial charge in [0.15, 0.2) is 0 Å². The van der Waals surface area contributed by atoms with Crippen molar-refractivity contribution in [2.45, 2.75) is 44.4 Å². The number of aromatic nitrogens is 4. The van der Waals surface area contributed by atoms with Crippen LogP contribution in [-0.4, -0.2) is 32.0 Å². The molecule has 3 aliphatic carbocycles. The number of piperidine rings is 2. The molecule has 0 spiro atoms. The van der Waals surface area contributed by atoms with Crippen LogP contribution < -0.4 is 10.6 Å². The molecule has 6 aromatic rings. The van der Waals surface area contributed by atoms with Crippen LogP contribution in [0, 0.1) is 29.1 Å². The summed E-state index contributed by atoms with van der Waals surface area (Å²) < 4.78 is 0. The van der Waals surface area contributed by atoms with Crippen molar-refractivity contribution in [2.75, 3.05) is 0 Å². The number of H-pyrrole nitrogens is 2. The lowest BCUT2D eigenvalue weighted by molar-refractivity contribution is 0.499. The molecule has 2 bridgehead atoms. The van der Waals surface area contributed by atoms with Crippen molar-refractivity contribution in [2.24, 2.45) is 29.1 Å². The Morgan fingerprint density at radius 1 is 0.690 bits per heavy atom. The van der Waals surface area contributed by atoms with Crippen molar-refractivity contribution in [3.05, 3.63) is 84.4 Å². The van der Waals surface area contributed by atoms with Crippen molar-refractivity contribution >= 4 is 32.8 Å². The third-order valence-corrected chi connectivity index (χ3v) is 11.9. The first-order valence-corrected chi connectivity index (χ1v) is 15.6. The summed E-state index contributed by atoms with van der Waals surface area (Å²) in [5.74, 6) is 5.50. The molecule has 4 N–H and O–H groups in total. The van der Waals surface area contributed by atoms with Gasteiger partial charge in [0.05, 0.1) is 34.2 Å². The van der Waals surface area contributed by atoms with Gasteiger partial charge in [-0.05, 0) is 105 Å². The van der Waals surface area contributed by atoms with E-state index in [1.165, 1.54) is 39.4 Å². The monoisotopic (exact) mass is 548 g/mol. The second kappa shape index (κ2) is 7.31. The lowest BCUT2D eigenvalue weighted by Crippen LogP contribution is -2.20. The first kappa shape index (κ1) is 22.6. The zero-order valence-electron chi connectivity index (χ0n) is 23.6. The minimum atomic E-state index is 0.359. The highest BCUT2D eigenvalue weighted by Gasteiger charge is 2.90. The number of imidazole rings is 2. The van der Waals surface area contributed by atoms with E-state index in [0.717, 1.165) is 63.4 Å². The van der Waals surface area contributed by atoms with Crippen LogP contribution in [0.2, 0.25) is 0 Å². The van der Waals surface area contributed by atoms with Crippen LogP contribution >= 0.6 is 0 Å². The lowest BCUT2D eigenvalue weighted by Gasteiger charge is -2.11. The van der Waals surface area contributed by atoms with E-state index >= 15 is 0 Å². The summed E-state index contributed by atoms with van der Waals surface area (Å²) in [6.45, 7) is 4.77. The molecule has 3 saturated heterocycles. The summed E-state index contributed by atoms with van der Waals surface area (Å²) in [6.07, 6.45) is 1.20. The number of nitrogens with zero attached hydrogens (tertiary/aromatic N) is 2. The van der Waals surface area contributed by atoms with Crippen LogP contribution in [0.1, 0.15) is 44.0 Å². The van der Waals surface area contributed by atoms with Crippen molar-refractivity contribution in [3.8, 4) is 22.3 Å². The fourth-order valence-electron chi connectivity index (χ4n) is 9.14.